The van der Waals surface area contributed by atoms with Crippen LogP contribution >= 0.6 is 0 Å². The van der Waals surface area contributed by atoms with Crippen molar-refractivity contribution >= 4 is 68.6 Å². The number of carbonyl (C=O) groups excluding carboxylic acids is 6. The summed E-state index contributed by atoms with van der Waals surface area (Å²) < 4.78 is 23.1. The van der Waals surface area contributed by atoms with Gasteiger partial charge >= 0.3 is 0 Å². The first-order chi connectivity index (χ1) is 36.1. The third-order valence-electron chi connectivity index (χ3n) is 13.3. The lowest BCUT2D eigenvalue weighted by Crippen LogP contribution is -2.59. The van der Waals surface area contributed by atoms with Crippen LogP contribution in [0.5, 0.6) is 23.3 Å². The lowest BCUT2D eigenvalue weighted by molar-refractivity contribution is -0.143. The molecule has 0 bridgehead atoms. The highest BCUT2D eigenvalue weighted by Gasteiger charge is 2.44. The monoisotopic (exact) mass is 1050 g/mol. The van der Waals surface area contributed by atoms with Crippen LogP contribution in [0.4, 0.5) is 11.4 Å². The number of nitrogens with one attached hydrogen (secondary N) is 6. The number of hydrogen-bond acceptors (Lipinski definition) is 16. The number of hydrogen-bond donors (Lipinski definition) is 6. The topological polar surface area (TPSA) is 270 Å². The molecule has 406 valence electrons. The molecule has 22 heteroatoms. The molecular weight excluding hydrogens is 977 g/mol. The lowest BCUT2D eigenvalue weighted by atomic mass is 9.85. The van der Waals surface area contributed by atoms with Crippen LogP contribution in [0.25, 0.3) is 21.8 Å². The molecule has 0 radical (unpaired) electrons. The normalized spacial score (nSPS) is 16.9. The minimum absolute atomic E-state index is 0.101. The SMILES string of the molecule is CN[C@@H](C)C(=O)N[C@H](C(=O)N1CCC[C@H]1C(=O)Nc1cc2c(OCC#CC#CCOc3ncnc4cc(OC)c(NC(=O)[C@@H]5CCCN5C(=O)[C@@H](NC(=O)[C@H](C)NC)C(C)(C)C)cc34)ncnc2cc1OC)C(C)(C)C. The van der Waals surface area contributed by atoms with Gasteiger partial charge in [0.05, 0.1) is 59.5 Å². The number of anilines is 2. The first-order valence-corrected chi connectivity index (χ1v) is 25.2. The van der Waals surface area contributed by atoms with Gasteiger partial charge in [-0.2, -0.15) is 0 Å². The number of fused-ring (bicyclic) bond motifs is 2. The molecule has 2 aromatic carbocycles. The highest BCUT2D eigenvalue weighted by molar-refractivity contribution is 6.03. The van der Waals surface area contributed by atoms with Crippen molar-refractivity contribution in [2.24, 2.45) is 10.8 Å². The number of amides is 6. The molecular formula is C54H70N12O10. The number of likely N-dealkylation sites (N-methyl/N-ethyl adjacent to an activating group) is 2. The number of methoxy groups -OCH3 is 2. The molecule has 76 heavy (non-hydrogen) atoms. The molecule has 22 nitrogen and oxygen atoms in total. The summed E-state index contributed by atoms with van der Waals surface area (Å²) >= 11 is 0. The highest BCUT2D eigenvalue weighted by atomic mass is 16.5. The first kappa shape index (κ1) is 57.5. The number of aromatic nitrogens is 4. The van der Waals surface area contributed by atoms with E-state index in [9.17, 15) is 28.8 Å². The van der Waals surface area contributed by atoms with Gasteiger partial charge in [0.1, 0.15) is 48.3 Å². The minimum Gasteiger partial charge on any atom is -0.494 e. The second-order valence-electron chi connectivity index (χ2n) is 20.7. The first-order valence-electron chi connectivity index (χ1n) is 25.2. The molecule has 4 heterocycles. The van der Waals surface area contributed by atoms with Crippen molar-refractivity contribution in [3.05, 3.63) is 36.9 Å². The van der Waals surface area contributed by atoms with E-state index in [1.165, 1.54) is 36.7 Å². The average molecular weight is 1050 g/mol. The fourth-order valence-corrected chi connectivity index (χ4v) is 8.72. The van der Waals surface area contributed by atoms with Gasteiger partial charge in [0.15, 0.2) is 13.2 Å². The summed E-state index contributed by atoms with van der Waals surface area (Å²) in [5.41, 5.74) is 0.320. The summed E-state index contributed by atoms with van der Waals surface area (Å²) in [5.74, 6) is 10.0. The van der Waals surface area contributed by atoms with Crippen molar-refractivity contribution < 1.29 is 47.7 Å². The Kier molecular flexibility index (Phi) is 19.0. The summed E-state index contributed by atoms with van der Waals surface area (Å²) in [5, 5.41) is 18.4. The van der Waals surface area contributed by atoms with Crippen molar-refractivity contribution in [1.82, 2.24) is 51.0 Å². The predicted octanol–water partition coefficient (Wildman–Crippen LogP) is 3.19. The fourth-order valence-electron chi connectivity index (χ4n) is 8.72. The molecule has 6 amide bonds. The smallest absolute Gasteiger partial charge is 0.247 e. The Hall–Kier alpha value is -7.82. The van der Waals surface area contributed by atoms with Crippen LogP contribution in [0.1, 0.15) is 81.1 Å². The van der Waals surface area contributed by atoms with E-state index in [0.717, 1.165) is 0 Å². The Morgan fingerprint density at radius 3 is 1.34 bits per heavy atom. The molecule has 6 rings (SSSR count). The van der Waals surface area contributed by atoms with Gasteiger partial charge in [0.25, 0.3) is 0 Å². The van der Waals surface area contributed by atoms with E-state index in [1.54, 1.807) is 52.2 Å². The Balaban J connectivity index is 1.09. The van der Waals surface area contributed by atoms with Crippen LogP contribution in [0.2, 0.25) is 0 Å². The van der Waals surface area contributed by atoms with E-state index in [1.807, 2.05) is 41.5 Å². The van der Waals surface area contributed by atoms with E-state index >= 15 is 0 Å². The van der Waals surface area contributed by atoms with Gasteiger partial charge in [-0.3, -0.25) is 28.8 Å². The van der Waals surface area contributed by atoms with Gasteiger partial charge < -0.3 is 60.6 Å². The van der Waals surface area contributed by atoms with Crippen molar-refractivity contribution in [1.29, 1.82) is 0 Å². The van der Waals surface area contributed by atoms with Gasteiger partial charge in [0, 0.05) is 25.2 Å². The Labute approximate surface area is 443 Å². The van der Waals surface area contributed by atoms with Gasteiger partial charge in [0.2, 0.25) is 47.2 Å². The highest BCUT2D eigenvalue weighted by Crippen LogP contribution is 2.36. The van der Waals surface area contributed by atoms with E-state index in [-0.39, 0.29) is 48.6 Å². The summed E-state index contributed by atoms with van der Waals surface area (Å²) in [6.45, 7) is 15.1. The van der Waals surface area contributed by atoms with Gasteiger partial charge in [-0.05, 0) is 100 Å². The number of rotatable bonds is 18. The molecule has 2 aliphatic heterocycles. The van der Waals surface area contributed by atoms with Crippen LogP contribution in [-0.2, 0) is 28.8 Å². The van der Waals surface area contributed by atoms with Gasteiger partial charge in [-0.15, -0.1) is 0 Å². The molecule has 4 aromatic rings. The second-order valence-corrected chi connectivity index (χ2v) is 20.7. The molecule has 2 saturated heterocycles. The van der Waals surface area contributed by atoms with Crippen molar-refractivity contribution in [3.8, 4) is 46.9 Å². The Bertz CT molecular complexity index is 2750. The molecule has 0 saturated carbocycles. The maximum Gasteiger partial charge on any atom is 0.247 e. The molecule has 0 spiro atoms. The molecule has 0 aliphatic carbocycles. The standard InChI is InChI=1S/C54H70N12O10/c1-31(55-9)45(67)63-43(53(3,4)5)51(71)65-21-17-19-39(65)47(69)61-37-25-33-35(27-41(37)73-11)57-29-59-49(33)75-23-15-13-14-16-24-76-50-34-26-38(42(74-12)28-36(34)58-30-60-50)62-48(70)40-20-18-22-66(40)52(72)44(54(6,7)8)64-46(68)32(2)56-10/h25-32,39-40,43-44,55-56H,17-24H2,1-12H3,(H,61,69)(H,62,70)(H,63,67)(H,64,68)/t31-,32-,39-,40-,43+,44+/m0/s1. The third kappa shape index (κ3) is 13.7. The molecule has 0 unspecified atom stereocenters. The number of nitrogens with zero attached hydrogens (tertiary/aromatic N) is 6. The van der Waals surface area contributed by atoms with Gasteiger partial charge in [-0.25, -0.2) is 19.9 Å². The summed E-state index contributed by atoms with van der Waals surface area (Å²) in [4.78, 5) is 102. The molecule has 2 fully saturated rings. The zero-order valence-electron chi connectivity index (χ0n) is 45.4. The Morgan fingerprint density at radius 2 is 1.00 bits per heavy atom. The number of ether oxygens (including phenoxy) is 4. The molecule has 2 aliphatic rings. The summed E-state index contributed by atoms with van der Waals surface area (Å²) in [6.07, 6.45) is 4.73. The summed E-state index contributed by atoms with van der Waals surface area (Å²) in [7, 11) is 6.26. The number of likely N-dealkylation sites (tertiary alicyclic amines) is 2. The summed E-state index contributed by atoms with van der Waals surface area (Å²) in [6, 6.07) is 2.20. The fraction of sp³-hybridized carbons (Fsp3) is 0.519. The third-order valence-corrected chi connectivity index (χ3v) is 13.3. The minimum atomic E-state index is -0.867. The van der Waals surface area contributed by atoms with E-state index in [2.05, 4.69) is 75.5 Å². The Morgan fingerprint density at radius 1 is 0.618 bits per heavy atom. The van der Waals surface area contributed by atoms with Crippen LogP contribution < -0.4 is 50.8 Å². The molecule has 6 N–H and O–H groups in total. The number of carbonyl (C=O) groups is 6. The molecule has 6 atom stereocenters. The lowest BCUT2D eigenvalue weighted by Gasteiger charge is -2.36. The second kappa shape index (κ2) is 25.1. The van der Waals surface area contributed by atoms with Crippen molar-refractivity contribution in [2.75, 3.05) is 65.3 Å². The van der Waals surface area contributed by atoms with E-state index in [0.29, 0.717) is 83.5 Å². The van der Waals surface area contributed by atoms with Crippen LogP contribution in [-0.4, -0.2) is 156 Å². The quantitative estimate of drug-likeness (QED) is 0.0782. The predicted molar refractivity (Wildman–Crippen MR) is 285 cm³/mol. The number of benzene rings is 2. The largest absolute Gasteiger partial charge is 0.494 e. The van der Waals surface area contributed by atoms with E-state index < -0.39 is 58.9 Å². The van der Waals surface area contributed by atoms with Crippen LogP contribution in [0, 0.1) is 34.5 Å². The van der Waals surface area contributed by atoms with Crippen molar-refractivity contribution in [3.63, 3.8) is 0 Å². The van der Waals surface area contributed by atoms with Crippen molar-refractivity contribution in [2.45, 2.75) is 117 Å². The zero-order valence-corrected chi connectivity index (χ0v) is 45.4. The zero-order chi connectivity index (χ0) is 55.5. The molecule has 2 aromatic heterocycles. The average Bonchev–Trinajstić information content (AvgIpc) is 4.11. The van der Waals surface area contributed by atoms with E-state index in [4.69, 9.17) is 18.9 Å². The van der Waals surface area contributed by atoms with Crippen LogP contribution in [0.3, 0.4) is 0 Å². The van der Waals surface area contributed by atoms with Crippen LogP contribution in [0.15, 0.2) is 36.9 Å². The maximum atomic E-state index is 14.0. The maximum absolute atomic E-state index is 14.0. The van der Waals surface area contributed by atoms with Gasteiger partial charge in [-0.1, -0.05) is 41.5 Å².